The van der Waals surface area contributed by atoms with Gasteiger partial charge in [0.1, 0.15) is 6.54 Å². The van der Waals surface area contributed by atoms with Crippen molar-refractivity contribution >= 4 is 47.2 Å². The highest BCUT2D eigenvalue weighted by Crippen LogP contribution is 2.28. The van der Waals surface area contributed by atoms with Gasteiger partial charge in [0.25, 0.3) is 0 Å². The van der Waals surface area contributed by atoms with Gasteiger partial charge in [-0.05, 0) is 25.0 Å². The minimum Gasteiger partial charge on any atom is -0.366 e. The number of benzene rings is 1. The van der Waals surface area contributed by atoms with Crippen molar-refractivity contribution in [2.45, 2.75) is 19.4 Å². The monoisotopic (exact) mass is 523 g/mol. The number of fused-ring (bicyclic) bond motifs is 1. The van der Waals surface area contributed by atoms with Crippen LogP contribution in [0.2, 0.25) is 0 Å². The molecule has 1 atom stereocenters. The molecule has 4 rings (SSSR count). The second-order valence-corrected chi connectivity index (χ2v) is 7.69. The van der Waals surface area contributed by atoms with Crippen LogP contribution in [0.1, 0.15) is 12.5 Å². The van der Waals surface area contributed by atoms with E-state index < -0.39 is 0 Å². The van der Waals surface area contributed by atoms with E-state index in [1.165, 1.54) is 11.3 Å². The molecule has 0 aliphatic carbocycles. The van der Waals surface area contributed by atoms with Gasteiger partial charge in [0.05, 0.1) is 11.9 Å². The van der Waals surface area contributed by atoms with Crippen molar-refractivity contribution in [1.82, 2.24) is 20.0 Å². The maximum Gasteiger partial charge on any atom is 0.246 e. The van der Waals surface area contributed by atoms with Crippen LogP contribution in [0.4, 0.5) is 11.4 Å². The standard InChI is InChI=1S/C21H29N7O.HI/c1-16(27-9-8-17-6-4-5-7-19(17)27)12-23-21(22-2)26-10-11-28(20(29)15-26)18-13-24-25(3)14-18;/h4-7,13-14,16H,8-12,15H2,1-3H3,(H,22,23);1H. The fraction of sp³-hybridized carbons (Fsp3) is 0.476. The predicted octanol–water partition coefficient (Wildman–Crippen LogP) is 1.71. The number of piperazine rings is 1. The van der Waals surface area contributed by atoms with E-state index in [1.807, 2.05) is 18.1 Å². The average Bonchev–Trinajstić information content (AvgIpc) is 3.34. The average molecular weight is 523 g/mol. The summed E-state index contributed by atoms with van der Waals surface area (Å²) in [5.74, 6) is 0.845. The molecule has 1 amide bonds. The maximum absolute atomic E-state index is 12.7. The van der Waals surface area contributed by atoms with Crippen molar-refractivity contribution in [3.8, 4) is 0 Å². The first-order chi connectivity index (χ1) is 14.1. The topological polar surface area (TPSA) is 69.0 Å². The molecule has 1 N–H and O–H groups in total. The Bertz CT molecular complexity index is 912. The van der Waals surface area contributed by atoms with Crippen LogP contribution >= 0.6 is 24.0 Å². The van der Waals surface area contributed by atoms with Gasteiger partial charge >= 0.3 is 0 Å². The fourth-order valence-electron chi connectivity index (χ4n) is 4.18. The second-order valence-electron chi connectivity index (χ2n) is 7.69. The van der Waals surface area contributed by atoms with Crippen LogP contribution in [-0.2, 0) is 18.3 Å². The molecule has 9 heteroatoms. The quantitative estimate of drug-likeness (QED) is 0.376. The third kappa shape index (κ3) is 4.55. The number of rotatable bonds is 4. The molecular weight excluding hydrogens is 493 g/mol. The number of para-hydroxylation sites is 1. The lowest BCUT2D eigenvalue weighted by atomic mass is 10.2. The van der Waals surface area contributed by atoms with Crippen molar-refractivity contribution in [1.29, 1.82) is 0 Å². The Morgan fingerprint density at radius 2 is 2.07 bits per heavy atom. The minimum absolute atomic E-state index is 0. The van der Waals surface area contributed by atoms with Crippen molar-refractivity contribution in [2.24, 2.45) is 12.0 Å². The van der Waals surface area contributed by atoms with E-state index >= 15 is 0 Å². The first kappa shape index (κ1) is 22.4. The predicted molar refractivity (Wildman–Crippen MR) is 131 cm³/mol. The Morgan fingerprint density at radius 3 is 2.77 bits per heavy atom. The lowest BCUT2D eigenvalue weighted by Crippen LogP contribution is -2.56. The SMILES string of the molecule is CN=C(NCC(C)N1CCc2ccccc21)N1CCN(c2cnn(C)c2)C(=O)C1.I. The number of amides is 1. The lowest BCUT2D eigenvalue weighted by Gasteiger charge is -2.36. The summed E-state index contributed by atoms with van der Waals surface area (Å²) in [6.45, 7) is 5.73. The van der Waals surface area contributed by atoms with E-state index in [0.717, 1.165) is 37.7 Å². The number of carbonyl (C=O) groups is 1. The van der Waals surface area contributed by atoms with Gasteiger partial charge in [-0.25, -0.2) is 0 Å². The van der Waals surface area contributed by atoms with E-state index in [4.69, 9.17) is 0 Å². The van der Waals surface area contributed by atoms with Crippen LogP contribution in [0.25, 0.3) is 0 Å². The molecule has 0 radical (unpaired) electrons. The summed E-state index contributed by atoms with van der Waals surface area (Å²) >= 11 is 0. The number of nitrogens with zero attached hydrogens (tertiary/aromatic N) is 6. The number of guanidine groups is 1. The summed E-state index contributed by atoms with van der Waals surface area (Å²) in [5.41, 5.74) is 3.60. The molecule has 30 heavy (non-hydrogen) atoms. The molecule has 0 spiro atoms. The highest BCUT2D eigenvalue weighted by atomic mass is 127. The largest absolute Gasteiger partial charge is 0.366 e. The third-order valence-corrected chi connectivity index (χ3v) is 5.75. The molecule has 2 aliphatic rings. The zero-order valence-corrected chi connectivity index (χ0v) is 20.1. The number of hydrogen-bond donors (Lipinski definition) is 1. The molecule has 1 fully saturated rings. The van der Waals surface area contributed by atoms with Crippen molar-refractivity contribution in [3.05, 3.63) is 42.2 Å². The number of aliphatic imine (C=N–C) groups is 1. The Kier molecular flexibility index (Phi) is 7.22. The number of nitrogens with one attached hydrogen (secondary N) is 1. The summed E-state index contributed by atoms with van der Waals surface area (Å²) in [7, 11) is 3.63. The molecule has 8 nitrogen and oxygen atoms in total. The summed E-state index contributed by atoms with van der Waals surface area (Å²) in [4.78, 5) is 23.4. The highest BCUT2D eigenvalue weighted by molar-refractivity contribution is 14.0. The van der Waals surface area contributed by atoms with E-state index in [9.17, 15) is 4.79 Å². The molecule has 162 valence electrons. The Hall–Kier alpha value is -2.30. The Balaban J connectivity index is 0.00000256. The molecule has 2 aliphatic heterocycles. The van der Waals surface area contributed by atoms with Gasteiger partial charge in [-0.3, -0.25) is 14.5 Å². The maximum atomic E-state index is 12.7. The zero-order chi connectivity index (χ0) is 20.4. The fourth-order valence-corrected chi connectivity index (χ4v) is 4.18. The Labute approximate surface area is 194 Å². The number of hydrogen-bond acceptors (Lipinski definition) is 4. The number of carbonyl (C=O) groups excluding carboxylic acids is 1. The minimum atomic E-state index is 0. The smallest absolute Gasteiger partial charge is 0.246 e. The van der Waals surface area contributed by atoms with Crippen LogP contribution in [0.3, 0.4) is 0 Å². The Morgan fingerprint density at radius 1 is 1.27 bits per heavy atom. The van der Waals surface area contributed by atoms with Crippen LogP contribution in [0, 0.1) is 0 Å². The van der Waals surface area contributed by atoms with Gasteiger partial charge in [0, 0.05) is 58.2 Å². The van der Waals surface area contributed by atoms with Crippen molar-refractivity contribution in [2.75, 3.05) is 49.6 Å². The zero-order valence-electron chi connectivity index (χ0n) is 17.8. The van der Waals surface area contributed by atoms with Gasteiger partial charge in [-0.1, -0.05) is 18.2 Å². The molecule has 1 aromatic heterocycles. The number of aromatic nitrogens is 2. The van der Waals surface area contributed by atoms with Crippen molar-refractivity contribution < 1.29 is 4.79 Å². The number of aryl methyl sites for hydroxylation is 1. The van der Waals surface area contributed by atoms with Crippen molar-refractivity contribution in [3.63, 3.8) is 0 Å². The van der Waals surface area contributed by atoms with E-state index in [0.29, 0.717) is 19.1 Å². The molecule has 0 saturated carbocycles. The van der Waals surface area contributed by atoms with E-state index in [2.05, 4.69) is 51.5 Å². The second kappa shape index (κ2) is 9.67. The molecule has 2 aromatic rings. The van der Waals surface area contributed by atoms with Gasteiger partial charge in [0.15, 0.2) is 5.96 Å². The molecule has 1 saturated heterocycles. The van der Waals surface area contributed by atoms with Gasteiger partial charge in [-0.15, -0.1) is 24.0 Å². The molecule has 0 bridgehead atoms. The van der Waals surface area contributed by atoms with Crippen LogP contribution in [0.15, 0.2) is 41.7 Å². The summed E-state index contributed by atoms with van der Waals surface area (Å²) in [6, 6.07) is 8.95. The van der Waals surface area contributed by atoms with E-state index in [1.54, 1.807) is 22.8 Å². The van der Waals surface area contributed by atoms with Gasteiger partial charge in [-0.2, -0.15) is 5.10 Å². The van der Waals surface area contributed by atoms with Gasteiger partial charge in [0.2, 0.25) is 5.91 Å². The molecule has 3 heterocycles. The van der Waals surface area contributed by atoms with E-state index in [-0.39, 0.29) is 29.9 Å². The molecule has 1 aromatic carbocycles. The van der Waals surface area contributed by atoms with Crippen LogP contribution < -0.4 is 15.1 Å². The number of halogens is 1. The third-order valence-electron chi connectivity index (χ3n) is 5.75. The first-order valence-electron chi connectivity index (χ1n) is 10.2. The molecular formula is C21H30IN7O. The lowest BCUT2D eigenvalue weighted by molar-refractivity contribution is -0.120. The highest BCUT2D eigenvalue weighted by Gasteiger charge is 2.28. The van der Waals surface area contributed by atoms with Crippen LogP contribution in [0.5, 0.6) is 0 Å². The first-order valence-corrected chi connectivity index (χ1v) is 10.2. The van der Waals surface area contributed by atoms with Crippen LogP contribution in [-0.4, -0.2) is 72.4 Å². The van der Waals surface area contributed by atoms with Gasteiger partial charge < -0.3 is 20.0 Å². The number of anilines is 2. The summed E-state index contributed by atoms with van der Waals surface area (Å²) in [6.07, 6.45) is 4.70. The summed E-state index contributed by atoms with van der Waals surface area (Å²) < 4.78 is 1.72. The normalized spacial score (nSPS) is 17.6. The summed E-state index contributed by atoms with van der Waals surface area (Å²) in [5, 5.41) is 7.64. The molecule has 1 unspecified atom stereocenters.